The maximum Gasteiger partial charge on any atom is 0.141 e. The highest BCUT2D eigenvalue weighted by molar-refractivity contribution is 6.31. The summed E-state index contributed by atoms with van der Waals surface area (Å²) in [5.41, 5.74) is 3.75. The third-order valence-electron chi connectivity index (χ3n) is 3.37. The first-order valence-corrected chi connectivity index (χ1v) is 7.26. The Morgan fingerprint density at radius 3 is 2.55 bits per heavy atom. The predicted octanol–water partition coefficient (Wildman–Crippen LogP) is 5.33. The Hall–Kier alpha value is -2.39. The lowest BCUT2D eigenvalue weighted by atomic mass is 10.3. The standard InChI is InChI=1S/C18H14ClFN2/c1-13-7-9-16(22(13)15-5-3-2-4-6-15)12-21-14-8-10-18(20)17(19)11-14/h2-12H,1H3. The zero-order chi connectivity index (χ0) is 15.5. The van der Waals surface area contributed by atoms with E-state index in [4.69, 9.17) is 11.6 Å². The molecule has 0 saturated heterocycles. The van der Waals surface area contributed by atoms with Crippen LogP contribution in [0.15, 0.2) is 65.7 Å². The van der Waals surface area contributed by atoms with Crippen LogP contribution < -0.4 is 0 Å². The van der Waals surface area contributed by atoms with Gasteiger partial charge >= 0.3 is 0 Å². The monoisotopic (exact) mass is 312 g/mol. The molecule has 0 amide bonds. The van der Waals surface area contributed by atoms with E-state index in [1.54, 1.807) is 12.3 Å². The van der Waals surface area contributed by atoms with Crippen LogP contribution in [0.5, 0.6) is 0 Å². The minimum absolute atomic E-state index is 0.0734. The predicted molar refractivity (Wildman–Crippen MR) is 89.2 cm³/mol. The summed E-state index contributed by atoms with van der Waals surface area (Å²) in [7, 11) is 0. The lowest BCUT2D eigenvalue weighted by molar-refractivity contribution is 0.628. The van der Waals surface area contributed by atoms with Crippen molar-refractivity contribution in [2.75, 3.05) is 0 Å². The molecule has 22 heavy (non-hydrogen) atoms. The lowest BCUT2D eigenvalue weighted by Gasteiger charge is -2.08. The zero-order valence-electron chi connectivity index (χ0n) is 12.0. The topological polar surface area (TPSA) is 17.3 Å². The van der Waals surface area contributed by atoms with E-state index < -0.39 is 5.82 Å². The van der Waals surface area contributed by atoms with Crippen LogP contribution in [0, 0.1) is 12.7 Å². The number of hydrogen-bond acceptors (Lipinski definition) is 1. The van der Waals surface area contributed by atoms with Crippen LogP contribution in [0.25, 0.3) is 5.69 Å². The second-order valence-electron chi connectivity index (χ2n) is 4.93. The van der Waals surface area contributed by atoms with Gasteiger partial charge in [-0.2, -0.15) is 0 Å². The molecular formula is C18H14ClFN2. The second kappa shape index (κ2) is 6.16. The zero-order valence-corrected chi connectivity index (χ0v) is 12.8. The van der Waals surface area contributed by atoms with E-state index in [1.165, 1.54) is 12.1 Å². The van der Waals surface area contributed by atoms with E-state index in [0.717, 1.165) is 17.1 Å². The highest BCUT2D eigenvalue weighted by Crippen LogP contribution is 2.22. The Morgan fingerprint density at radius 2 is 1.82 bits per heavy atom. The second-order valence-corrected chi connectivity index (χ2v) is 5.33. The van der Waals surface area contributed by atoms with Crippen LogP contribution in [-0.2, 0) is 0 Å². The summed E-state index contributed by atoms with van der Waals surface area (Å²) in [5.74, 6) is -0.441. The molecule has 1 aromatic heterocycles. The fourth-order valence-corrected chi connectivity index (χ4v) is 2.47. The molecule has 110 valence electrons. The number of nitrogens with zero attached hydrogens (tertiary/aromatic N) is 2. The molecule has 0 aliphatic heterocycles. The highest BCUT2D eigenvalue weighted by atomic mass is 35.5. The van der Waals surface area contributed by atoms with E-state index in [9.17, 15) is 4.39 Å². The van der Waals surface area contributed by atoms with Gasteiger partial charge in [-0.1, -0.05) is 29.8 Å². The van der Waals surface area contributed by atoms with Crippen molar-refractivity contribution >= 4 is 23.5 Å². The summed E-state index contributed by atoms with van der Waals surface area (Å²) >= 11 is 5.77. The Labute approximate surface area is 133 Å². The Kier molecular flexibility index (Phi) is 4.07. The largest absolute Gasteiger partial charge is 0.313 e. The molecule has 0 fully saturated rings. The molecule has 3 rings (SSSR count). The Bertz CT molecular complexity index is 822. The molecule has 0 N–H and O–H groups in total. The number of aromatic nitrogens is 1. The quantitative estimate of drug-likeness (QED) is 0.582. The number of benzene rings is 2. The van der Waals surface area contributed by atoms with Gasteiger partial charge in [0.05, 0.1) is 22.6 Å². The number of hydrogen-bond donors (Lipinski definition) is 0. The molecule has 0 radical (unpaired) electrons. The Morgan fingerprint density at radius 1 is 1.05 bits per heavy atom. The van der Waals surface area contributed by atoms with Gasteiger partial charge < -0.3 is 4.57 Å². The van der Waals surface area contributed by atoms with E-state index in [0.29, 0.717) is 5.69 Å². The van der Waals surface area contributed by atoms with Gasteiger partial charge in [0.1, 0.15) is 5.82 Å². The number of halogens is 2. The van der Waals surface area contributed by atoms with Crippen LogP contribution in [0.3, 0.4) is 0 Å². The molecule has 0 aliphatic carbocycles. The van der Waals surface area contributed by atoms with Crippen molar-refractivity contribution in [2.45, 2.75) is 6.92 Å². The van der Waals surface area contributed by atoms with Gasteiger partial charge in [0, 0.05) is 11.4 Å². The van der Waals surface area contributed by atoms with Crippen molar-refractivity contribution in [2.24, 2.45) is 4.99 Å². The molecule has 0 spiro atoms. The first kappa shape index (κ1) is 14.5. The third-order valence-corrected chi connectivity index (χ3v) is 3.66. The number of para-hydroxylation sites is 1. The van der Waals surface area contributed by atoms with Crippen molar-refractivity contribution in [3.05, 3.63) is 82.9 Å². The summed E-state index contributed by atoms with van der Waals surface area (Å²) < 4.78 is 15.3. The van der Waals surface area contributed by atoms with Gasteiger partial charge in [0.2, 0.25) is 0 Å². The van der Waals surface area contributed by atoms with Crippen molar-refractivity contribution < 1.29 is 4.39 Å². The van der Waals surface area contributed by atoms with E-state index >= 15 is 0 Å². The fraction of sp³-hybridized carbons (Fsp3) is 0.0556. The molecule has 3 aromatic rings. The average molecular weight is 313 g/mol. The Balaban J connectivity index is 1.96. The molecule has 0 atom stereocenters. The van der Waals surface area contributed by atoms with Gasteiger partial charge in [-0.3, -0.25) is 4.99 Å². The minimum atomic E-state index is -0.441. The van der Waals surface area contributed by atoms with Crippen LogP contribution in [0.4, 0.5) is 10.1 Å². The van der Waals surface area contributed by atoms with Crippen LogP contribution in [-0.4, -0.2) is 10.8 Å². The third kappa shape index (κ3) is 2.95. The van der Waals surface area contributed by atoms with Crippen molar-refractivity contribution in [1.82, 2.24) is 4.57 Å². The fourth-order valence-electron chi connectivity index (χ4n) is 2.30. The van der Waals surface area contributed by atoms with E-state index in [-0.39, 0.29) is 5.02 Å². The smallest absolute Gasteiger partial charge is 0.141 e. The highest BCUT2D eigenvalue weighted by Gasteiger charge is 2.05. The van der Waals surface area contributed by atoms with Crippen molar-refractivity contribution in [3.8, 4) is 5.69 Å². The molecule has 4 heteroatoms. The normalized spacial score (nSPS) is 11.2. The van der Waals surface area contributed by atoms with Gasteiger partial charge in [-0.05, 0) is 49.4 Å². The van der Waals surface area contributed by atoms with Gasteiger partial charge in [0.25, 0.3) is 0 Å². The number of aliphatic imine (C=N–C) groups is 1. The molecule has 0 saturated carbocycles. The SMILES string of the molecule is Cc1ccc(C=Nc2ccc(F)c(Cl)c2)n1-c1ccccc1. The first-order chi connectivity index (χ1) is 10.6. The maximum atomic E-state index is 13.2. The summed E-state index contributed by atoms with van der Waals surface area (Å²) in [4.78, 5) is 4.38. The lowest BCUT2D eigenvalue weighted by Crippen LogP contribution is -2.00. The summed E-state index contributed by atoms with van der Waals surface area (Å²) in [6.07, 6.45) is 1.75. The van der Waals surface area contributed by atoms with E-state index in [2.05, 4.69) is 9.56 Å². The van der Waals surface area contributed by atoms with Gasteiger partial charge in [-0.15, -0.1) is 0 Å². The molecule has 0 unspecified atom stereocenters. The summed E-state index contributed by atoms with van der Waals surface area (Å²) in [6.45, 7) is 2.04. The molecule has 1 heterocycles. The van der Waals surface area contributed by atoms with Crippen molar-refractivity contribution in [1.29, 1.82) is 0 Å². The summed E-state index contributed by atoms with van der Waals surface area (Å²) in [5, 5.41) is 0.0734. The minimum Gasteiger partial charge on any atom is -0.313 e. The van der Waals surface area contributed by atoms with Crippen LogP contribution in [0.2, 0.25) is 5.02 Å². The molecule has 2 aromatic carbocycles. The van der Waals surface area contributed by atoms with Gasteiger partial charge in [0.15, 0.2) is 0 Å². The summed E-state index contributed by atoms with van der Waals surface area (Å²) in [6, 6.07) is 18.5. The molecule has 0 aliphatic rings. The maximum absolute atomic E-state index is 13.2. The molecule has 2 nitrogen and oxygen atoms in total. The average Bonchev–Trinajstić information content (AvgIpc) is 2.90. The molecule has 0 bridgehead atoms. The van der Waals surface area contributed by atoms with E-state index in [1.807, 2.05) is 49.4 Å². The number of rotatable bonds is 3. The van der Waals surface area contributed by atoms with Crippen LogP contribution in [0.1, 0.15) is 11.4 Å². The molecular weight excluding hydrogens is 299 g/mol. The van der Waals surface area contributed by atoms with Crippen molar-refractivity contribution in [3.63, 3.8) is 0 Å². The number of aryl methyl sites for hydroxylation is 1. The van der Waals surface area contributed by atoms with Crippen LogP contribution >= 0.6 is 11.6 Å². The first-order valence-electron chi connectivity index (χ1n) is 6.88. The van der Waals surface area contributed by atoms with Gasteiger partial charge in [-0.25, -0.2) is 4.39 Å².